The molecule has 0 spiro atoms. The molecular formula is C16H20FN3OS. The van der Waals surface area contributed by atoms with Gasteiger partial charge in [0.15, 0.2) is 5.96 Å². The number of benzene rings is 1. The highest BCUT2D eigenvalue weighted by Crippen LogP contribution is 2.14. The third-order valence-corrected chi connectivity index (χ3v) is 3.91. The van der Waals surface area contributed by atoms with Crippen molar-refractivity contribution in [3.8, 4) is 5.75 Å². The Hall–Kier alpha value is -2.08. The molecule has 0 radical (unpaired) electrons. The zero-order chi connectivity index (χ0) is 15.8. The molecular weight excluding hydrogens is 301 g/mol. The Morgan fingerprint density at radius 1 is 1.27 bits per heavy atom. The predicted molar refractivity (Wildman–Crippen MR) is 89.2 cm³/mol. The van der Waals surface area contributed by atoms with Crippen molar-refractivity contribution in [3.63, 3.8) is 0 Å². The number of halogens is 1. The number of aliphatic imine (C=N–C) groups is 1. The van der Waals surface area contributed by atoms with Gasteiger partial charge in [-0.05, 0) is 31.2 Å². The number of rotatable bonds is 6. The molecule has 0 aliphatic heterocycles. The molecule has 118 valence electrons. The van der Waals surface area contributed by atoms with E-state index in [0.717, 1.165) is 6.54 Å². The number of hydrogen-bond acceptors (Lipinski definition) is 3. The molecule has 0 unspecified atom stereocenters. The van der Waals surface area contributed by atoms with Crippen LogP contribution in [-0.4, -0.2) is 26.2 Å². The second-order valence-electron chi connectivity index (χ2n) is 4.67. The number of nitrogens with zero attached hydrogens (tertiary/aromatic N) is 1. The van der Waals surface area contributed by atoms with Crippen LogP contribution in [0, 0.1) is 12.7 Å². The minimum atomic E-state index is -0.297. The van der Waals surface area contributed by atoms with Gasteiger partial charge < -0.3 is 15.4 Å². The molecule has 0 atom stereocenters. The molecule has 1 heterocycles. The summed E-state index contributed by atoms with van der Waals surface area (Å²) in [4.78, 5) is 6.71. The largest absolute Gasteiger partial charge is 0.492 e. The molecule has 2 rings (SSSR count). The quantitative estimate of drug-likeness (QED) is 0.488. The molecule has 2 aromatic rings. The van der Waals surface area contributed by atoms with Crippen molar-refractivity contribution in [2.45, 2.75) is 13.5 Å². The van der Waals surface area contributed by atoms with Crippen molar-refractivity contribution in [1.29, 1.82) is 0 Å². The smallest absolute Gasteiger partial charge is 0.191 e. The molecule has 0 saturated carbocycles. The van der Waals surface area contributed by atoms with E-state index in [2.05, 4.69) is 34.7 Å². The third kappa shape index (κ3) is 5.37. The molecule has 6 heteroatoms. The second kappa shape index (κ2) is 8.38. The van der Waals surface area contributed by atoms with E-state index < -0.39 is 0 Å². The minimum absolute atomic E-state index is 0.297. The van der Waals surface area contributed by atoms with E-state index in [1.165, 1.54) is 21.9 Å². The summed E-state index contributed by atoms with van der Waals surface area (Å²) in [7, 11) is 1.72. The van der Waals surface area contributed by atoms with Gasteiger partial charge in [-0.15, -0.1) is 11.3 Å². The maximum Gasteiger partial charge on any atom is 0.191 e. The van der Waals surface area contributed by atoms with E-state index in [1.54, 1.807) is 30.5 Å². The van der Waals surface area contributed by atoms with Crippen molar-refractivity contribution in [1.82, 2.24) is 10.6 Å². The second-order valence-corrected chi connectivity index (χ2v) is 6.04. The van der Waals surface area contributed by atoms with E-state index in [9.17, 15) is 4.39 Å². The van der Waals surface area contributed by atoms with Gasteiger partial charge in [0.1, 0.15) is 18.2 Å². The Bertz CT molecular complexity index is 627. The highest BCUT2D eigenvalue weighted by Gasteiger charge is 2.01. The maximum atomic E-state index is 13.0. The summed E-state index contributed by atoms with van der Waals surface area (Å²) >= 11 is 1.76. The summed E-state index contributed by atoms with van der Waals surface area (Å²) in [5.41, 5.74) is 0. The highest BCUT2D eigenvalue weighted by atomic mass is 32.1. The van der Waals surface area contributed by atoms with Gasteiger partial charge >= 0.3 is 0 Å². The van der Waals surface area contributed by atoms with Gasteiger partial charge in [-0.3, -0.25) is 4.99 Å². The molecule has 4 nitrogen and oxygen atoms in total. The lowest BCUT2D eigenvalue weighted by atomic mass is 10.3. The normalized spacial score (nSPS) is 11.3. The molecule has 0 bridgehead atoms. The number of nitrogens with one attached hydrogen (secondary N) is 2. The van der Waals surface area contributed by atoms with E-state index in [4.69, 9.17) is 4.74 Å². The first-order valence-corrected chi connectivity index (χ1v) is 7.87. The maximum absolute atomic E-state index is 13.0. The van der Waals surface area contributed by atoms with Crippen molar-refractivity contribution in [2.75, 3.05) is 20.2 Å². The molecule has 0 fully saturated rings. The summed E-state index contributed by atoms with van der Waals surface area (Å²) in [5.74, 6) is 0.946. The molecule has 0 saturated heterocycles. The first kappa shape index (κ1) is 16.3. The predicted octanol–water partition coefficient (Wildman–Crippen LogP) is 2.94. The summed E-state index contributed by atoms with van der Waals surface area (Å²) in [6.07, 6.45) is 0. The summed E-state index contributed by atoms with van der Waals surface area (Å²) in [6, 6.07) is 10.3. The summed E-state index contributed by atoms with van der Waals surface area (Å²) < 4.78 is 18.5. The van der Waals surface area contributed by atoms with Crippen LogP contribution in [0.4, 0.5) is 4.39 Å². The lowest BCUT2D eigenvalue weighted by Crippen LogP contribution is -2.38. The van der Waals surface area contributed by atoms with Crippen molar-refractivity contribution >= 4 is 17.3 Å². The number of thiophene rings is 1. The Morgan fingerprint density at radius 3 is 2.82 bits per heavy atom. The number of ether oxygens (including phenoxy) is 1. The monoisotopic (exact) mass is 321 g/mol. The Kier molecular flexibility index (Phi) is 6.21. The molecule has 1 aromatic heterocycles. The number of aryl methyl sites for hydroxylation is 1. The average molecular weight is 321 g/mol. The van der Waals surface area contributed by atoms with Crippen molar-refractivity contribution in [3.05, 3.63) is 52.0 Å². The molecule has 22 heavy (non-hydrogen) atoms. The van der Waals surface area contributed by atoms with Crippen LogP contribution >= 0.6 is 11.3 Å². The Morgan fingerprint density at radius 2 is 2.14 bits per heavy atom. The number of guanidine groups is 1. The fourth-order valence-corrected chi connectivity index (χ4v) is 2.70. The van der Waals surface area contributed by atoms with Gasteiger partial charge in [0.25, 0.3) is 0 Å². The minimum Gasteiger partial charge on any atom is -0.492 e. The van der Waals surface area contributed by atoms with Crippen molar-refractivity contribution < 1.29 is 9.13 Å². The summed E-state index contributed by atoms with van der Waals surface area (Å²) in [6.45, 7) is 3.84. The van der Waals surface area contributed by atoms with E-state index in [0.29, 0.717) is 24.9 Å². The van der Waals surface area contributed by atoms with Crippen LogP contribution in [0.3, 0.4) is 0 Å². The van der Waals surface area contributed by atoms with Crippen LogP contribution < -0.4 is 15.4 Å². The van der Waals surface area contributed by atoms with Crippen LogP contribution in [-0.2, 0) is 6.54 Å². The van der Waals surface area contributed by atoms with Crippen LogP contribution in [0.1, 0.15) is 9.75 Å². The zero-order valence-electron chi connectivity index (χ0n) is 12.7. The topological polar surface area (TPSA) is 45.7 Å². The fraction of sp³-hybridized carbons (Fsp3) is 0.312. The van der Waals surface area contributed by atoms with Gasteiger partial charge in [-0.2, -0.15) is 0 Å². The van der Waals surface area contributed by atoms with Gasteiger partial charge in [-0.25, -0.2) is 4.39 Å². The van der Waals surface area contributed by atoms with Gasteiger partial charge in [0.05, 0.1) is 13.1 Å². The first-order chi connectivity index (χ1) is 10.7. The highest BCUT2D eigenvalue weighted by molar-refractivity contribution is 7.11. The van der Waals surface area contributed by atoms with Crippen LogP contribution in [0.15, 0.2) is 41.4 Å². The summed E-state index contributed by atoms with van der Waals surface area (Å²) in [5, 5.41) is 6.40. The Balaban J connectivity index is 1.68. The molecule has 2 N–H and O–H groups in total. The van der Waals surface area contributed by atoms with Crippen molar-refractivity contribution in [2.24, 2.45) is 4.99 Å². The molecule has 1 aromatic carbocycles. The van der Waals surface area contributed by atoms with Gasteiger partial charge in [-0.1, -0.05) is 6.07 Å². The standard InChI is InChI=1S/C16H20FN3OS/c1-12-6-7-15(22-12)11-20-16(18-2)19-8-9-21-14-5-3-4-13(17)10-14/h3-7,10H,8-9,11H2,1-2H3,(H2,18,19,20). The zero-order valence-corrected chi connectivity index (χ0v) is 13.5. The first-order valence-electron chi connectivity index (χ1n) is 7.05. The average Bonchev–Trinajstić information content (AvgIpc) is 2.92. The Labute approximate surface area is 134 Å². The molecule has 0 aliphatic carbocycles. The van der Waals surface area contributed by atoms with E-state index in [1.807, 2.05) is 0 Å². The van der Waals surface area contributed by atoms with Crippen LogP contribution in [0.2, 0.25) is 0 Å². The SMILES string of the molecule is CN=C(NCCOc1cccc(F)c1)NCc1ccc(C)s1. The van der Waals surface area contributed by atoms with E-state index >= 15 is 0 Å². The lowest BCUT2D eigenvalue weighted by molar-refractivity contribution is 0.320. The molecule has 0 amide bonds. The molecule has 0 aliphatic rings. The van der Waals surface area contributed by atoms with Gasteiger partial charge in [0, 0.05) is 22.9 Å². The fourth-order valence-electron chi connectivity index (χ4n) is 1.87. The number of hydrogen-bond donors (Lipinski definition) is 2. The van der Waals surface area contributed by atoms with Crippen LogP contribution in [0.25, 0.3) is 0 Å². The van der Waals surface area contributed by atoms with Crippen LogP contribution in [0.5, 0.6) is 5.75 Å². The third-order valence-electron chi connectivity index (χ3n) is 2.91. The van der Waals surface area contributed by atoms with Gasteiger partial charge in [0.2, 0.25) is 0 Å². The lowest BCUT2D eigenvalue weighted by Gasteiger charge is -2.12. The van der Waals surface area contributed by atoms with E-state index in [-0.39, 0.29) is 5.82 Å².